The largest absolute Gasteiger partial charge is 0.475 e. The van der Waals surface area contributed by atoms with Crippen LogP contribution in [0, 0.1) is 10.8 Å². The lowest BCUT2D eigenvalue weighted by molar-refractivity contribution is -0.118. The Labute approximate surface area is 254 Å². The van der Waals surface area contributed by atoms with Gasteiger partial charge < -0.3 is 9.84 Å². The van der Waals surface area contributed by atoms with E-state index in [2.05, 4.69) is 10.0 Å². The second kappa shape index (κ2) is 13.2. The molecule has 1 aromatic rings. The average molecular weight is 668 g/mol. The summed E-state index contributed by atoms with van der Waals surface area (Å²) in [7, 11) is -4.63. The number of rotatable bonds is 13. The van der Waals surface area contributed by atoms with E-state index in [4.69, 9.17) is 23.8 Å². The fourth-order valence-corrected chi connectivity index (χ4v) is 7.34. The third-order valence-electron chi connectivity index (χ3n) is 6.50. The van der Waals surface area contributed by atoms with Crippen molar-refractivity contribution in [3.8, 4) is 0 Å². The number of phosphoric acid groups is 1. The summed E-state index contributed by atoms with van der Waals surface area (Å²) in [6.07, 6.45) is -4.92. The van der Waals surface area contributed by atoms with Crippen LogP contribution >= 0.6 is 31.3 Å². The first-order valence-electron chi connectivity index (χ1n) is 13.1. The second-order valence-electron chi connectivity index (χ2n) is 11.9. The molecule has 1 aliphatic carbocycles. The lowest BCUT2D eigenvalue weighted by atomic mass is 9.99. The Hall–Kier alpha value is -2.01. The number of nitrogens with one attached hydrogen (secondary N) is 1. The maximum atomic E-state index is 15.8. The number of H-pyrrole nitrogens is 1. The number of hydrogen-bond acceptors (Lipinski definition) is 13. The molecule has 1 unspecified atom stereocenters. The van der Waals surface area contributed by atoms with E-state index >= 15 is 4.39 Å². The third kappa shape index (κ3) is 7.63. The minimum Gasteiger partial charge on any atom is -0.381 e. The van der Waals surface area contributed by atoms with Crippen molar-refractivity contribution in [2.45, 2.75) is 71.2 Å². The molecule has 15 nitrogen and oxygen atoms in total. The summed E-state index contributed by atoms with van der Waals surface area (Å²) < 4.78 is 52.3. The molecule has 0 aromatic carbocycles. The lowest BCUT2D eigenvalue weighted by Crippen LogP contribution is -2.40. The van der Waals surface area contributed by atoms with Gasteiger partial charge in [-0.05, 0) is 5.53 Å². The molecule has 240 valence electrons. The first-order chi connectivity index (χ1) is 19.8. The van der Waals surface area contributed by atoms with Gasteiger partial charge in [0.2, 0.25) is 0 Å². The van der Waals surface area contributed by atoms with E-state index in [-0.39, 0.29) is 35.0 Å². The number of azide groups is 1. The molecule has 1 aromatic heterocycles. The first kappa shape index (κ1) is 35.5. The molecule has 2 fully saturated rings. The summed E-state index contributed by atoms with van der Waals surface area (Å²) >= 11 is 1.86. The molecule has 1 aliphatic heterocycles. The van der Waals surface area contributed by atoms with Crippen LogP contribution < -0.4 is 11.2 Å². The van der Waals surface area contributed by atoms with Gasteiger partial charge >= 0.3 is 13.5 Å². The molecule has 3 rings (SSSR count). The van der Waals surface area contributed by atoms with Gasteiger partial charge in [-0.3, -0.25) is 37.5 Å². The van der Waals surface area contributed by atoms with Gasteiger partial charge in [0.25, 0.3) is 5.56 Å². The van der Waals surface area contributed by atoms with Crippen LogP contribution in [-0.4, -0.2) is 79.6 Å². The highest BCUT2D eigenvalue weighted by molar-refractivity contribution is 8.14. The van der Waals surface area contributed by atoms with Crippen molar-refractivity contribution in [3.05, 3.63) is 43.5 Å². The quantitative estimate of drug-likeness (QED) is 0.102. The van der Waals surface area contributed by atoms with Gasteiger partial charge in [0, 0.05) is 39.5 Å². The summed E-state index contributed by atoms with van der Waals surface area (Å²) in [6.45, 7) is 9.09. The SMILES string of the molecule is CC(C)(C)C(=O)SCCOP(=O)(OCCSC(=O)C(C)(C)C)OC1[C@@]2(CN=[N+]=[N-])O[C@@H](n3ccc(=O)[nH]c3=O)[C@H](F)[C@@]12O. The highest BCUT2D eigenvalue weighted by atomic mass is 32.2. The van der Waals surface area contributed by atoms with E-state index in [1.807, 2.05) is 4.98 Å². The molecule has 0 spiro atoms. The first-order valence-corrected chi connectivity index (χ1v) is 16.5. The molecule has 5 atom stereocenters. The molecule has 2 aliphatic rings. The van der Waals surface area contributed by atoms with Gasteiger partial charge in [0.1, 0.15) is 11.7 Å². The van der Waals surface area contributed by atoms with Crippen LogP contribution in [0.25, 0.3) is 10.4 Å². The Bertz CT molecular complexity index is 1400. The van der Waals surface area contributed by atoms with Crippen LogP contribution in [0.4, 0.5) is 4.39 Å². The highest BCUT2D eigenvalue weighted by Crippen LogP contribution is 2.69. The molecular formula is C24H35FN5O10PS2. The van der Waals surface area contributed by atoms with Gasteiger partial charge in [-0.2, -0.15) is 0 Å². The van der Waals surface area contributed by atoms with Crippen LogP contribution in [0.15, 0.2) is 27.0 Å². The normalized spacial score (nSPS) is 26.9. The van der Waals surface area contributed by atoms with Gasteiger partial charge in [0.15, 0.2) is 28.2 Å². The summed E-state index contributed by atoms with van der Waals surface area (Å²) in [5.41, 5.74) is 1.18. The van der Waals surface area contributed by atoms with Crippen molar-refractivity contribution in [2.75, 3.05) is 31.3 Å². The van der Waals surface area contributed by atoms with Crippen molar-refractivity contribution in [2.24, 2.45) is 15.9 Å². The summed E-state index contributed by atoms with van der Waals surface area (Å²) in [5, 5.41) is 14.4. The molecule has 0 bridgehead atoms. The number of aromatic amines is 1. The number of alkyl halides is 1. The van der Waals surface area contributed by atoms with Gasteiger partial charge in [-0.15, -0.1) is 0 Å². The molecule has 2 N–H and O–H groups in total. The van der Waals surface area contributed by atoms with Crippen molar-refractivity contribution >= 4 is 41.6 Å². The fraction of sp³-hybridized carbons (Fsp3) is 0.750. The van der Waals surface area contributed by atoms with Crippen molar-refractivity contribution in [3.63, 3.8) is 0 Å². The van der Waals surface area contributed by atoms with E-state index in [1.165, 1.54) is 0 Å². The number of carbonyl (C=O) groups is 2. The molecule has 1 saturated heterocycles. The van der Waals surface area contributed by atoms with Crippen LogP contribution in [0.1, 0.15) is 47.8 Å². The number of halogens is 1. The maximum absolute atomic E-state index is 15.8. The number of hydrogen-bond donors (Lipinski definition) is 2. The number of carbonyl (C=O) groups excluding carboxylic acids is 2. The third-order valence-corrected chi connectivity index (χ3v) is 10.5. The predicted octanol–water partition coefficient (Wildman–Crippen LogP) is 3.34. The maximum Gasteiger partial charge on any atom is 0.475 e. The minimum absolute atomic E-state index is 0.0579. The van der Waals surface area contributed by atoms with Gasteiger partial charge in [-0.1, -0.05) is 70.2 Å². The fourth-order valence-electron chi connectivity index (χ4n) is 4.11. The van der Waals surface area contributed by atoms with Crippen molar-refractivity contribution in [1.82, 2.24) is 9.55 Å². The zero-order valence-electron chi connectivity index (χ0n) is 24.5. The Balaban J connectivity index is 1.81. The lowest BCUT2D eigenvalue weighted by Gasteiger charge is -2.25. The van der Waals surface area contributed by atoms with E-state index < -0.39 is 66.2 Å². The number of ether oxygens (including phenoxy) is 1. The number of thioether (sulfide) groups is 2. The van der Waals surface area contributed by atoms with E-state index in [0.29, 0.717) is 4.57 Å². The Kier molecular flexibility index (Phi) is 10.8. The van der Waals surface area contributed by atoms with Crippen LogP contribution in [0.3, 0.4) is 0 Å². The zero-order valence-corrected chi connectivity index (χ0v) is 27.0. The Morgan fingerprint density at radius 2 is 1.70 bits per heavy atom. The molecule has 0 amide bonds. The van der Waals surface area contributed by atoms with E-state index in [9.17, 15) is 28.8 Å². The van der Waals surface area contributed by atoms with Gasteiger partial charge in [-0.25, -0.2) is 13.8 Å². The van der Waals surface area contributed by atoms with E-state index in [1.54, 1.807) is 41.5 Å². The standard InChI is InChI=1S/C24H35FN5O10PS2/c1-21(2,3)18(32)42-11-9-37-41(36,38-10-12-43-19(33)22(4,5)6)40-17-23(13-27-29-26)24(17,35)15(25)16(39-23)30-8-7-14(31)28-20(30)34/h7-8,15-17,35H,9-13H2,1-6H3,(H,28,31,34)/t15-,16+,17?,23+,24+/m0/s1. The second-order valence-corrected chi connectivity index (χ2v) is 15.7. The van der Waals surface area contributed by atoms with Crippen molar-refractivity contribution in [1.29, 1.82) is 0 Å². The van der Waals surface area contributed by atoms with Crippen LogP contribution in [0.2, 0.25) is 0 Å². The monoisotopic (exact) mass is 667 g/mol. The predicted molar refractivity (Wildman–Crippen MR) is 156 cm³/mol. The molecule has 1 saturated carbocycles. The number of aliphatic hydroxyl groups is 1. The molecular weight excluding hydrogens is 632 g/mol. The molecule has 19 heteroatoms. The molecule has 0 radical (unpaired) electrons. The summed E-state index contributed by atoms with van der Waals surface area (Å²) in [5.74, 6) is 0.116. The topological polar surface area (TPSA) is 212 Å². The zero-order chi connectivity index (χ0) is 32.4. The number of aromatic nitrogens is 2. The minimum atomic E-state index is -4.63. The smallest absolute Gasteiger partial charge is 0.381 e. The highest BCUT2D eigenvalue weighted by Gasteiger charge is 2.90. The summed E-state index contributed by atoms with van der Waals surface area (Å²) in [4.78, 5) is 52.8. The summed E-state index contributed by atoms with van der Waals surface area (Å²) in [6, 6.07) is 0.945. The average Bonchev–Trinajstić information content (AvgIpc) is 3.29. The number of fused-ring (bicyclic) bond motifs is 1. The van der Waals surface area contributed by atoms with Crippen LogP contribution in [-0.2, 0) is 32.5 Å². The van der Waals surface area contributed by atoms with E-state index in [0.717, 1.165) is 35.8 Å². The Morgan fingerprint density at radius 3 is 2.16 bits per heavy atom. The number of nitrogens with zero attached hydrogens (tertiary/aromatic N) is 4. The molecule has 43 heavy (non-hydrogen) atoms. The molecule has 2 heterocycles. The van der Waals surface area contributed by atoms with Gasteiger partial charge in [0.05, 0.1) is 19.8 Å². The Morgan fingerprint density at radius 1 is 1.16 bits per heavy atom. The number of phosphoric ester groups is 1. The van der Waals surface area contributed by atoms with Crippen LogP contribution in [0.5, 0.6) is 0 Å². The van der Waals surface area contributed by atoms with Crippen molar-refractivity contribution < 1.29 is 42.0 Å².